The first-order valence-corrected chi connectivity index (χ1v) is 10.1. The predicted molar refractivity (Wildman–Crippen MR) is 100 cm³/mol. The minimum atomic E-state index is -0.187. The third-order valence-electron chi connectivity index (χ3n) is 6.34. The topological polar surface area (TPSA) is 50.8 Å². The molecule has 0 bridgehead atoms. The molecule has 1 aliphatic carbocycles. The third kappa shape index (κ3) is 3.89. The molecule has 2 amide bonds. The van der Waals surface area contributed by atoms with Gasteiger partial charge in [-0.25, -0.2) is 4.79 Å². The molecule has 2 saturated heterocycles. The van der Waals surface area contributed by atoms with E-state index in [1.54, 1.807) is 0 Å². The Kier molecular flexibility index (Phi) is 5.46. The van der Waals surface area contributed by atoms with E-state index in [9.17, 15) is 4.79 Å². The molecule has 2 atom stereocenters. The van der Waals surface area contributed by atoms with E-state index in [1.165, 1.54) is 24.8 Å². The number of carbonyl (C=O) groups excluding carboxylic acids is 1. The Bertz CT molecular complexity index is 595. The van der Waals surface area contributed by atoms with Gasteiger partial charge in [-0.1, -0.05) is 36.8 Å². The van der Waals surface area contributed by atoms with Gasteiger partial charge in [-0.05, 0) is 30.2 Å². The van der Waals surface area contributed by atoms with Crippen molar-refractivity contribution in [2.45, 2.75) is 43.6 Å². The van der Waals surface area contributed by atoms with Crippen molar-refractivity contribution in [3.05, 3.63) is 35.9 Å². The normalized spacial score (nSPS) is 28.2. The lowest BCUT2D eigenvalue weighted by molar-refractivity contribution is -0.145. The number of nitrogens with one attached hydrogen (secondary N) is 1. The van der Waals surface area contributed by atoms with Crippen molar-refractivity contribution in [3.8, 4) is 0 Å². The molecular formula is C21H30N2O3. The third-order valence-corrected chi connectivity index (χ3v) is 6.34. The number of morpholine rings is 1. The van der Waals surface area contributed by atoms with Gasteiger partial charge in [-0.2, -0.15) is 0 Å². The lowest BCUT2D eigenvalue weighted by Gasteiger charge is -2.44. The fraction of sp³-hybridized carbons (Fsp3) is 0.667. The molecule has 1 aromatic rings. The molecule has 26 heavy (non-hydrogen) atoms. The van der Waals surface area contributed by atoms with Crippen molar-refractivity contribution in [1.82, 2.24) is 10.2 Å². The summed E-state index contributed by atoms with van der Waals surface area (Å²) in [7, 11) is 0. The fourth-order valence-corrected chi connectivity index (χ4v) is 4.81. The molecule has 3 aliphatic rings. The van der Waals surface area contributed by atoms with Gasteiger partial charge in [0.05, 0.1) is 18.8 Å². The molecule has 5 heteroatoms. The van der Waals surface area contributed by atoms with Crippen LogP contribution >= 0.6 is 0 Å². The zero-order valence-electron chi connectivity index (χ0n) is 15.5. The first kappa shape index (κ1) is 17.8. The Morgan fingerprint density at radius 3 is 2.77 bits per heavy atom. The number of rotatable bonds is 3. The van der Waals surface area contributed by atoms with Gasteiger partial charge in [0, 0.05) is 39.1 Å². The van der Waals surface area contributed by atoms with E-state index in [0.717, 1.165) is 32.6 Å². The second-order valence-electron chi connectivity index (χ2n) is 7.96. The number of hydrogen-bond acceptors (Lipinski definition) is 3. The van der Waals surface area contributed by atoms with Crippen LogP contribution in [-0.4, -0.2) is 56.0 Å². The second kappa shape index (κ2) is 7.97. The standard InChI is InChI=1S/C21H30N2O3/c24-20(23-11-14-26-21(16-23)9-12-25-13-10-21)22-15-18-7-4-8-19(18)17-5-2-1-3-6-17/h1-3,5-6,18-19H,4,7-16H2,(H,22,24). The number of nitrogens with zero attached hydrogens (tertiary/aromatic N) is 1. The molecule has 0 aromatic heterocycles. The van der Waals surface area contributed by atoms with Crippen LogP contribution < -0.4 is 5.32 Å². The van der Waals surface area contributed by atoms with Crippen LogP contribution in [-0.2, 0) is 9.47 Å². The molecule has 5 nitrogen and oxygen atoms in total. The van der Waals surface area contributed by atoms with Crippen LogP contribution in [0.1, 0.15) is 43.6 Å². The molecule has 1 spiro atoms. The number of urea groups is 1. The molecule has 142 valence electrons. The highest BCUT2D eigenvalue weighted by Gasteiger charge is 2.40. The maximum Gasteiger partial charge on any atom is 0.317 e. The summed E-state index contributed by atoms with van der Waals surface area (Å²) in [6.07, 6.45) is 5.45. The largest absolute Gasteiger partial charge is 0.381 e. The Morgan fingerprint density at radius 2 is 1.96 bits per heavy atom. The summed E-state index contributed by atoms with van der Waals surface area (Å²) in [5.41, 5.74) is 1.23. The SMILES string of the molecule is O=C(NCC1CCCC1c1ccccc1)N1CCOC2(CCOCC2)C1. The van der Waals surface area contributed by atoms with Crippen molar-refractivity contribution in [1.29, 1.82) is 0 Å². The van der Waals surface area contributed by atoms with Crippen molar-refractivity contribution < 1.29 is 14.3 Å². The second-order valence-corrected chi connectivity index (χ2v) is 7.96. The summed E-state index contributed by atoms with van der Waals surface area (Å²) in [6.45, 7) is 4.23. The van der Waals surface area contributed by atoms with Gasteiger partial charge in [-0.3, -0.25) is 0 Å². The van der Waals surface area contributed by atoms with E-state index in [0.29, 0.717) is 31.5 Å². The van der Waals surface area contributed by atoms with Gasteiger partial charge in [0.2, 0.25) is 0 Å². The van der Waals surface area contributed by atoms with Crippen molar-refractivity contribution in [2.24, 2.45) is 5.92 Å². The van der Waals surface area contributed by atoms with E-state index in [2.05, 4.69) is 35.6 Å². The Labute approximate surface area is 156 Å². The lowest BCUT2D eigenvalue weighted by atomic mass is 9.89. The monoisotopic (exact) mass is 358 g/mol. The van der Waals surface area contributed by atoms with Crippen LogP contribution in [0.15, 0.2) is 30.3 Å². The summed E-state index contributed by atoms with van der Waals surface area (Å²) in [5, 5.41) is 3.22. The minimum Gasteiger partial charge on any atom is -0.381 e. The van der Waals surface area contributed by atoms with Gasteiger partial charge in [0.15, 0.2) is 0 Å². The molecule has 2 aliphatic heterocycles. The van der Waals surface area contributed by atoms with Crippen LogP contribution in [0.4, 0.5) is 4.79 Å². The van der Waals surface area contributed by atoms with E-state index in [1.807, 2.05) is 4.90 Å². The first-order valence-electron chi connectivity index (χ1n) is 10.1. The number of ether oxygens (including phenoxy) is 2. The number of amides is 2. The molecule has 4 rings (SSSR count). The maximum absolute atomic E-state index is 12.8. The van der Waals surface area contributed by atoms with Crippen molar-refractivity contribution >= 4 is 6.03 Å². The van der Waals surface area contributed by atoms with Crippen LogP contribution in [0.5, 0.6) is 0 Å². The van der Waals surface area contributed by atoms with Crippen LogP contribution in [0.3, 0.4) is 0 Å². The zero-order valence-corrected chi connectivity index (χ0v) is 15.5. The number of benzene rings is 1. The Balaban J connectivity index is 1.32. The van der Waals surface area contributed by atoms with E-state index >= 15 is 0 Å². The van der Waals surface area contributed by atoms with Crippen molar-refractivity contribution in [3.63, 3.8) is 0 Å². The molecule has 2 unspecified atom stereocenters. The number of hydrogen-bond donors (Lipinski definition) is 1. The summed E-state index contributed by atoms with van der Waals surface area (Å²) in [6, 6.07) is 10.8. The highest BCUT2D eigenvalue weighted by molar-refractivity contribution is 5.74. The number of carbonyl (C=O) groups is 1. The quantitative estimate of drug-likeness (QED) is 0.903. The van der Waals surface area contributed by atoms with Gasteiger partial charge < -0.3 is 19.7 Å². The minimum absolute atomic E-state index is 0.0675. The molecule has 3 fully saturated rings. The summed E-state index contributed by atoms with van der Waals surface area (Å²) in [5.74, 6) is 1.11. The fourth-order valence-electron chi connectivity index (χ4n) is 4.81. The summed E-state index contributed by atoms with van der Waals surface area (Å²) in [4.78, 5) is 14.7. The van der Waals surface area contributed by atoms with Gasteiger partial charge in [0.1, 0.15) is 0 Å². The maximum atomic E-state index is 12.8. The molecule has 0 radical (unpaired) electrons. The molecule has 1 aromatic carbocycles. The van der Waals surface area contributed by atoms with Gasteiger partial charge in [0.25, 0.3) is 0 Å². The van der Waals surface area contributed by atoms with Crippen molar-refractivity contribution in [2.75, 3.05) is 39.5 Å². The summed E-state index contributed by atoms with van der Waals surface area (Å²) >= 11 is 0. The molecular weight excluding hydrogens is 328 g/mol. The summed E-state index contributed by atoms with van der Waals surface area (Å²) < 4.78 is 11.5. The Morgan fingerprint density at radius 1 is 1.15 bits per heavy atom. The highest BCUT2D eigenvalue weighted by atomic mass is 16.5. The van der Waals surface area contributed by atoms with Crippen LogP contribution in [0.2, 0.25) is 0 Å². The van der Waals surface area contributed by atoms with Crippen LogP contribution in [0.25, 0.3) is 0 Å². The van der Waals surface area contributed by atoms with E-state index < -0.39 is 0 Å². The van der Waals surface area contributed by atoms with Gasteiger partial charge >= 0.3 is 6.03 Å². The average molecular weight is 358 g/mol. The zero-order chi connectivity index (χ0) is 17.8. The lowest BCUT2D eigenvalue weighted by Crippen LogP contribution is -2.58. The molecule has 1 saturated carbocycles. The smallest absolute Gasteiger partial charge is 0.317 e. The average Bonchev–Trinajstić information content (AvgIpc) is 3.16. The van der Waals surface area contributed by atoms with Gasteiger partial charge in [-0.15, -0.1) is 0 Å². The van der Waals surface area contributed by atoms with Crippen LogP contribution in [0, 0.1) is 5.92 Å². The first-order chi connectivity index (χ1) is 12.8. The molecule has 2 heterocycles. The van der Waals surface area contributed by atoms with E-state index in [-0.39, 0.29) is 11.6 Å². The predicted octanol–water partition coefficient (Wildman–Crippen LogP) is 3.16. The Hall–Kier alpha value is -1.59. The van der Waals surface area contributed by atoms with E-state index in [4.69, 9.17) is 9.47 Å². The highest BCUT2D eigenvalue weighted by Crippen LogP contribution is 2.39. The molecule has 1 N–H and O–H groups in total.